The summed E-state index contributed by atoms with van der Waals surface area (Å²) in [6.07, 6.45) is 0.465. The number of hydrazine groups is 1. The van der Waals surface area contributed by atoms with Gasteiger partial charge in [-0.05, 0) is 12.8 Å². The summed E-state index contributed by atoms with van der Waals surface area (Å²) in [5, 5.41) is 11.7. The Bertz CT molecular complexity index is 495. The van der Waals surface area contributed by atoms with Gasteiger partial charge in [-0.1, -0.05) is 18.2 Å². The fraction of sp³-hybridized carbons (Fsp3) is 0.182. The predicted octanol–water partition coefficient (Wildman–Crippen LogP) is 1.93. The van der Waals surface area contributed by atoms with Crippen LogP contribution >= 0.6 is 22.9 Å². The molecule has 0 bridgehead atoms. The highest BCUT2D eigenvalue weighted by Gasteiger charge is 2.18. The van der Waals surface area contributed by atoms with E-state index in [0.717, 1.165) is 0 Å². The van der Waals surface area contributed by atoms with Crippen molar-refractivity contribution in [2.24, 2.45) is 16.6 Å². The number of aliphatic hydroxyl groups is 1. The molecule has 0 aliphatic rings. The molecule has 1 atom stereocenters. The Morgan fingerprint density at radius 3 is 2.72 bits per heavy atom. The van der Waals surface area contributed by atoms with Crippen LogP contribution in [0.4, 0.5) is 5.69 Å². The summed E-state index contributed by atoms with van der Waals surface area (Å²) in [6, 6.07) is 1.67. The standard InChI is InChI=1S/C11H15ClN4OS/c1-6(12)11-8(15-2)4-9(18-11)10(17)7(13)5-16(3)14/h4-5,10,17H,1-2,13-14H2,3H3/b7-5-. The lowest BCUT2D eigenvalue weighted by atomic mass is 10.2. The lowest BCUT2D eigenvalue weighted by Gasteiger charge is -2.12. The van der Waals surface area contributed by atoms with E-state index >= 15 is 0 Å². The Hall–Kier alpha value is -1.34. The van der Waals surface area contributed by atoms with E-state index < -0.39 is 6.10 Å². The van der Waals surface area contributed by atoms with Crippen molar-refractivity contribution in [3.8, 4) is 0 Å². The lowest BCUT2D eigenvalue weighted by Crippen LogP contribution is -2.22. The summed E-state index contributed by atoms with van der Waals surface area (Å²) in [6.45, 7) is 7.07. The monoisotopic (exact) mass is 286 g/mol. The van der Waals surface area contributed by atoms with Crippen molar-refractivity contribution in [3.63, 3.8) is 0 Å². The third kappa shape index (κ3) is 3.33. The van der Waals surface area contributed by atoms with Crippen LogP contribution in [0.25, 0.3) is 5.03 Å². The summed E-state index contributed by atoms with van der Waals surface area (Å²) < 4.78 is 0. The molecule has 0 fully saturated rings. The average Bonchev–Trinajstić information content (AvgIpc) is 2.70. The SMILES string of the molecule is C=Nc1cc(C(O)/C(N)=C/N(C)N)sc1C(=C)Cl. The summed E-state index contributed by atoms with van der Waals surface area (Å²) in [7, 11) is 1.61. The Morgan fingerprint density at radius 1 is 1.72 bits per heavy atom. The topological polar surface area (TPSA) is 87.9 Å². The highest BCUT2D eigenvalue weighted by molar-refractivity contribution is 7.14. The molecular weight excluding hydrogens is 272 g/mol. The van der Waals surface area contributed by atoms with Crippen molar-refractivity contribution in [2.75, 3.05) is 7.05 Å². The molecule has 1 rings (SSSR count). The predicted molar refractivity (Wildman–Crippen MR) is 77.6 cm³/mol. The minimum atomic E-state index is -0.966. The molecule has 1 aromatic rings. The first kappa shape index (κ1) is 14.7. The van der Waals surface area contributed by atoms with Gasteiger partial charge in [-0.15, -0.1) is 11.3 Å². The number of thiophene rings is 1. The average molecular weight is 287 g/mol. The van der Waals surface area contributed by atoms with Crippen molar-refractivity contribution in [1.82, 2.24) is 5.01 Å². The van der Waals surface area contributed by atoms with Gasteiger partial charge in [0.2, 0.25) is 0 Å². The summed E-state index contributed by atoms with van der Waals surface area (Å²) >= 11 is 7.10. The summed E-state index contributed by atoms with van der Waals surface area (Å²) in [5.41, 5.74) is 6.52. The van der Waals surface area contributed by atoms with Crippen LogP contribution < -0.4 is 11.6 Å². The molecular formula is C11H15ClN4OS. The quantitative estimate of drug-likeness (QED) is 0.438. The zero-order valence-electron chi connectivity index (χ0n) is 9.93. The van der Waals surface area contributed by atoms with Gasteiger partial charge in [0.15, 0.2) is 0 Å². The molecule has 1 aromatic heterocycles. The first-order valence-corrected chi connectivity index (χ1v) is 6.14. The summed E-state index contributed by atoms with van der Waals surface area (Å²) in [5.74, 6) is 5.42. The Labute approximate surface area is 115 Å². The minimum absolute atomic E-state index is 0.226. The van der Waals surface area contributed by atoms with E-state index in [1.54, 1.807) is 13.1 Å². The molecule has 0 spiro atoms. The van der Waals surface area contributed by atoms with Gasteiger partial charge in [-0.25, -0.2) is 5.84 Å². The van der Waals surface area contributed by atoms with E-state index in [9.17, 15) is 5.11 Å². The minimum Gasteiger partial charge on any atom is -0.398 e. The van der Waals surface area contributed by atoms with E-state index in [2.05, 4.69) is 18.3 Å². The molecule has 0 amide bonds. The number of nitrogens with zero attached hydrogens (tertiary/aromatic N) is 2. The van der Waals surface area contributed by atoms with E-state index in [-0.39, 0.29) is 5.70 Å². The second kappa shape index (κ2) is 6.01. The van der Waals surface area contributed by atoms with Crippen LogP contribution in [-0.4, -0.2) is 23.9 Å². The molecule has 98 valence electrons. The fourth-order valence-electron chi connectivity index (χ4n) is 1.32. The molecule has 0 radical (unpaired) electrons. The molecule has 0 saturated heterocycles. The van der Waals surface area contributed by atoms with Gasteiger partial charge in [0, 0.05) is 18.1 Å². The number of hydrogen-bond donors (Lipinski definition) is 3. The van der Waals surface area contributed by atoms with Gasteiger partial charge in [0.1, 0.15) is 6.10 Å². The van der Waals surface area contributed by atoms with Crippen LogP contribution in [0, 0.1) is 0 Å². The van der Waals surface area contributed by atoms with Crippen molar-refractivity contribution in [1.29, 1.82) is 0 Å². The lowest BCUT2D eigenvalue weighted by molar-refractivity contribution is 0.214. The molecule has 1 unspecified atom stereocenters. The van der Waals surface area contributed by atoms with Crippen LogP contribution in [0.5, 0.6) is 0 Å². The van der Waals surface area contributed by atoms with Crippen LogP contribution in [0.2, 0.25) is 0 Å². The molecule has 7 heteroatoms. The van der Waals surface area contributed by atoms with E-state index in [0.29, 0.717) is 20.5 Å². The number of rotatable bonds is 5. The van der Waals surface area contributed by atoms with Gasteiger partial charge in [-0.2, -0.15) is 0 Å². The summed E-state index contributed by atoms with van der Waals surface area (Å²) in [4.78, 5) is 5.09. The van der Waals surface area contributed by atoms with Gasteiger partial charge < -0.3 is 15.8 Å². The highest BCUT2D eigenvalue weighted by atomic mass is 35.5. The number of hydrogen-bond acceptors (Lipinski definition) is 6. The van der Waals surface area contributed by atoms with Crippen molar-refractivity contribution in [2.45, 2.75) is 6.10 Å². The molecule has 0 aliphatic carbocycles. The van der Waals surface area contributed by atoms with Crippen LogP contribution in [0.3, 0.4) is 0 Å². The van der Waals surface area contributed by atoms with Crippen molar-refractivity contribution >= 4 is 40.4 Å². The van der Waals surface area contributed by atoms with Gasteiger partial charge in [-0.3, -0.25) is 4.99 Å². The Balaban J connectivity index is 3.11. The van der Waals surface area contributed by atoms with Gasteiger partial charge in [0.05, 0.1) is 21.3 Å². The largest absolute Gasteiger partial charge is 0.398 e. The molecule has 1 heterocycles. The van der Waals surface area contributed by atoms with E-state index in [4.69, 9.17) is 23.2 Å². The van der Waals surface area contributed by atoms with Crippen molar-refractivity contribution < 1.29 is 5.11 Å². The van der Waals surface area contributed by atoms with E-state index in [1.165, 1.54) is 22.5 Å². The second-order valence-electron chi connectivity index (χ2n) is 3.62. The fourth-order valence-corrected chi connectivity index (χ4v) is 2.52. The maximum Gasteiger partial charge on any atom is 0.129 e. The number of halogens is 1. The molecule has 5 nitrogen and oxygen atoms in total. The Kier molecular flexibility index (Phi) is 4.92. The second-order valence-corrected chi connectivity index (χ2v) is 5.16. The van der Waals surface area contributed by atoms with Gasteiger partial charge >= 0.3 is 0 Å². The normalized spacial score (nSPS) is 13.2. The third-order valence-electron chi connectivity index (χ3n) is 2.09. The first-order valence-electron chi connectivity index (χ1n) is 4.94. The van der Waals surface area contributed by atoms with Gasteiger partial charge in [0.25, 0.3) is 0 Å². The molecule has 0 aromatic carbocycles. The molecule has 5 N–H and O–H groups in total. The maximum absolute atomic E-state index is 10.1. The first-order chi connectivity index (χ1) is 8.36. The van der Waals surface area contributed by atoms with Crippen LogP contribution in [-0.2, 0) is 0 Å². The molecule has 0 saturated carbocycles. The zero-order valence-corrected chi connectivity index (χ0v) is 11.5. The molecule has 0 aliphatic heterocycles. The van der Waals surface area contributed by atoms with Crippen LogP contribution in [0.1, 0.15) is 15.9 Å². The molecule has 18 heavy (non-hydrogen) atoms. The third-order valence-corrected chi connectivity index (χ3v) is 3.62. The highest BCUT2D eigenvalue weighted by Crippen LogP contribution is 2.39. The maximum atomic E-state index is 10.1. The van der Waals surface area contributed by atoms with Crippen LogP contribution in [0.15, 0.2) is 29.5 Å². The Morgan fingerprint density at radius 2 is 2.33 bits per heavy atom. The van der Waals surface area contributed by atoms with Crippen molar-refractivity contribution in [3.05, 3.63) is 34.3 Å². The smallest absolute Gasteiger partial charge is 0.129 e. The number of aliphatic hydroxyl groups excluding tert-OH is 1. The zero-order chi connectivity index (χ0) is 13.9. The number of aliphatic imine (C=N–C) groups is 1. The number of nitrogens with two attached hydrogens (primary N) is 2. The van der Waals surface area contributed by atoms with E-state index in [1.807, 2.05) is 0 Å².